The molecule has 0 spiro atoms. The van der Waals surface area contributed by atoms with Crippen LogP contribution >= 0.6 is 0 Å². The lowest BCUT2D eigenvalue weighted by Crippen LogP contribution is -2.55. The Hall–Kier alpha value is -2.58. The van der Waals surface area contributed by atoms with Crippen molar-refractivity contribution in [1.29, 1.82) is 0 Å². The number of carbonyl (C=O) groups excluding carboxylic acids is 2. The van der Waals surface area contributed by atoms with Crippen LogP contribution in [0.1, 0.15) is 6.42 Å². The van der Waals surface area contributed by atoms with Gasteiger partial charge >= 0.3 is 12.1 Å². The van der Waals surface area contributed by atoms with Gasteiger partial charge in [0.2, 0.25) is 0 Å². The van der Waals surface area contributed by atoms with Gasteiger partial charge in [-0.15, -0.1) is 0 Å². The first-order chi connectivity index (χ1) is 13.3. The van der Waals surface area contributed by atoms with Crippen molar-refractivity contribution in [2.45, 2.75) is 6.42 Å². The Morgan fingerprint density at radius 3 is 2.39 bits per heavy atom. The predicted molar refractivity (Wildman–Crippen MR) is 102 cm³/mol. The van der Waals surface area contributed by atoms with Crippen LogP contribution < -0.4 is 10.2 Å². The lowest BCUT2D eigenvalue weighted by atomic mass is 10.1. The van der Waals surface area contributed by atoms with Crippen LogP contribution in [0.25, 0.3) is 0 Å². The standard InChI is InChI=1S/C19H27F2N5O2/c1-23(2)19(28)25-9-7-24(8-10-25)18(27)22-12-14-5-6-26(13-14)15-3-4-16(20)17(21)11-15/h3-4,11,14H,5-10,12-13H2,1-2H3,(H,22,27). The van der Waals surface area contributed by atoms with Gasteiger partial charge in [-0.25, -0.2) is 18.4 Å². The van der Waals surface area contributed by atoms with Crippen molar-refractivity contribution < 1.29 is 18.4 Å². The summed E-state index contributed by atoms with van der Waals surface area (Å²) in [5, 5.41) is 2.97. The predicted octanol–water partition coefficient (Wildman–Crippen LogP) is 1.80. The third kappa shape index (κ3) is 4.63. The van der Waals surface area contributed by atoms with Crippen LogP contribution in [0.2, 0.25) is 0 Å². The minimum Gasteiger partial charge on any atom is -0.371 e. The van der Waals surface area contributed by atoms with Crippen LogP contribution in [0, 0.1) is 17.6 Å². The average molecular weight is 395 g/mol. The maximum Gasteiger partial charge on any atom is 0.319 e. The van der Waals surface area contributed by atoms with Gasteiger partial charge < -0.3 is 24.9 Å². The zero-order chi connectivity index (χ0) is 20.3. The van der Waals surface area contributed by atoms with E-state index in [1.165, 1.54) is 11.0 Å². The van der Waals surface area contributed by atoms with Crippen molar-refractivity contribution in [3.05, 3.63) is 29.8 Å². The highest BCUT2D eigenvalue weighted by Crippen LogP contribution is 2.25. The Bertz CT molecular complexity index is 722. The highest BCUT2D eigenvalue weighted by molar-refractivity contribution is 5.76. The Kier molecular flexibility index (Phi) is 6.21. The Labute approximate surface area is 163 Å². The molecule has 0 bridgehead atoms. The molecule has 1 unspecified atom stereocenters. The van der Waals surface area contributed by atoms with Crippen molar-refractivity contribution >= 4 is 17.7 Å². The number of benzene rings is 1. The highest BCUT2D eigenvalue weighted by Gasteiger charge is 2.27. The van der Waals surface area contributed by atoms with Gasteiger partial charge in [0.05, 0.1) is 0 Å². The molecule has 0 aliphatic carbocycles. The lowest BCUT2D eigenvalue weighted by molar-refractivity contribution is 0.128. The summed E-state index contributed by atoms with van der Waals surface area (Å²) in [6.45, 7) is 4.05. The van der Waals surface area contributed by atoms with Crippen molar-refractivity contribution in [3.8, 4) is 0 Å². The fourth-order valence-corrected chi connectivity index (χ4v) is 3.64. The molecule has 1 aromatic rings. The van der Waals surface area contributed by atoms with Crippen molar-refractivity contribution in [2.24, 2.45) is 5.92 Å². The zero-order valence-corrected chi connectivity index (χ0v) is 16.3. The number of nitrogens with one attached hydrogen (secondary N) is 1. The normalized spacial score (nSPS) is 19.7. The van der Waals surface area contributed by atoms with Gasteiger partial charge in [0, 0.05) is 71.7 Å². The second kappa shape index (κ2) is 8.62. The molecule has 1 aromatic carbocycles. The maximum absolute atomic E-state index is 13.4. The van der Waals surface area contributed by atoms with Gasteiger partial charge in [0.1, 0.15) is 0 Å². The maximum atomic E-state index is 13.4. The number of hydrogen-bond acceptors (Lipinski definition) is 3. The molecule has 2 aliphatic heterocycles. The van der Waals surface area contributed by atoms with Crippen LogP contribution in [0.5, 0.6) is 0 Å². The Balaban J connectivity index is 1.42. The molecular formula is C19H27F2N5O2. The topological polar surface area (TPSA) is 59.1 Å². The summed E-state index contributed by atoms with van der Waals surface area (Å²) in [4.78, 5) is 31.3. The number of hydrogen-bond donors (Lipinski definition) is 1. The molecule has 1 atom stereocenters. The molecule has 154 valence electrons. The summed E-state index contributed by atoms with van der Waals surface area (Å²) in [6.07, 6.45) is 0.879. The molecule has 2 heterocycles. The van der Waals surface area contributed by atoms with E-state index < -0.39 is 11.6 Å². The largest absolute Gasteiger partial charge is 0.371 e. The SMILES string of the molecule is CN(C)C(=O)N1CCN(C(=O)NCC2CCN(c3ccc(F)c(F)c3)C2)CC1. The van der Waals surface area contributed by atoms with Crippen molar-refractivity contribution in [2.75, 3.05) is 64.8 Å². The third-order valence-corrected chi connectivity index (χ3v) is 5.32. The summed E-state index contributed by atoms with van der Waals surface area (Å²) in [5.74, 6) is -1.44. The number of carbonyl (C=O) groups is 2. The van der Waals surface area contributed by atoms with Gasteiger partial charge in [0.25, 0.3) is 0 Å². The van der Waals surface area contributed by atoms with E-state index in [9.17, 15) is 18.4 Å². The number of nitrogens with zero attached hydrogens (tertiary/aromatic N) is 4. The van der Waals surface area contributed by atoms with E-state index in [1.807, 2.05) is 4.90 Å². The molecule has 9 heteroatoms. The van der Waals surface area contributed by atoms with Crippen LogP contribution in [0.3, 0.4) is 0 Å². The summed E-state index contributed by atoms with van der Waals surface area (Å²) in [5.41, 5.74) is 0.661. The fraction of sp³-hybridized carbons (Fsp3) is 0.579. The lowest BCUT2D eigenvalue weighted by Gasteiger charge is -2.36. The second-order valence-corrected chi connectivity index (χ2v) is 7.54. The van der Waals surface area contributed by atoms with Gasteiger partial charge in [-0.2, -0.15) is 0 Å². The quantitative estimate of drug-likeness (QED) is 0.849. The van der Waals surface area contributed by atoms with E-state index >= 15 is 0 Å². The van der Waals surface area contributed by atoms with Gasteiger partial charge in [-0.05, 0) is 24.5 Å². The average Bonchev–Trinajstić information content (AvgIpc) is 3.16. The number of piperazine rings is 1. The molecule has 7 nitrogen and oxygen atoms in total. The molecular weight excluding hydrogens is 368 g/mol. The fourth-order valence-electron chi connectivity index (χ4n) is 3.64. The minimum atomic E-state index is -0.848. The summed E-state index contributed by atoms with van der Waals surface area (Å²) in [6, 6.07) is 3.77. The number of urea groups is 2. The van der Waals surface area contributed by atoms with Crippen LogP contribution in [-0.4, -0.2) is 86.7 Å². The molecule has 0 aromatic heterocycles. The number of anilines is 1. The number of amides is 4. The van der Waals surface area contributed by atoms with Crippen LogP contribution in [0.15, 0.2) is 18.2 Å². The van der Waals surface area contributed by atoms with Crippen molar-refractivity contribution in [3.63, 3.8) is 0 Å². The molecule has 2 aliphatic rings. The monoisotopic (exact) mass is 395 g/mol. The smallest absolute Gasteiger partial charge is 0.319 e. The summed E-state index contributed by atoms with van der Waals surface area (Å²) >= 11 is 0. The van der Waals surface area contributed by atoms with E-state index in [0.29, 0.717) is 45.0 Å². The third-order valence-electron chi connectivity index (χ3n) is 5.32. The number of halogens is 2. The first-order valence-electron chi connectivity index (χ1n) is 9.54. The molecule has 2 saturated heterocycles. The molecule has 0 radical (unpaired) electrons. The first kappa shape index (κ1) is 20.2. The van der Waals surface area contributed by atoms with E-state index in [2.05, 4.69) is 5.32 Å². The molecule has 3 rings (SSSR count). The summed E-state index contributed by atoms with van der Waals surface area (Å²) in [7, 11) is 3.43. The molecule has 2 fully saturated rings. The van der Waals surface area contributed by atoms with Crippen LogP contribution in [-0.2, 0) is 0 Å². The van der Waals surface area contributed by atoms with E-state index in [-0.39, 0.29) is 18.0 Å². The van der Waals surface area contributed by atoms with Gasteiger partial charge in [-0.1, -0.05) is 0 Å². The summed E-state index contributed by atoms with van der Waals surface area (Å²) < 4.78 is 26.5. The van der Waals surface area contributed by atoms with E-state index in [1.54, 1.807) is 30.0 Å². The molecule has 28 heavy (non-hydrogen) atoms. The highest BCUT2D eigenvalue weighted by atomic mass is 19.2. The zero-order valence-electron chi connectivity index (χ0n) is 16.3. The van der Waals surface area contributed by atoms with E-state index in [0.717, 1.165) is 19.0 Å². The minimum absolute atomic E-state index is 0.0386. The Morgan fingerprint density at radius 2 is 1.75 bits per heavy atom. The molecule has 4 amide bonds. The second-order valence-electron chi connectivity index (χ2n) is 7.54. The number of rotatable bonds is 3. The molecule has 1 N–H and O–H groups in total. The Morgan fingerprint density at radius 1 is 1.07 bits per heavy atom. The first-order valence-corrected chi connectivity index (χ1v) is 9.54. The van der Waals surface area contributed by atoms with Gasteiger partial charge in [0.15, 0.2) is 11.6 Å². The van der Waals surface area contributed by atoms with Crippen molar-refractivity contribution in [1.82, 2.24) is 20.0 Å². The van der Waals surface area contributed by atoms with Crippen LogP contribution in [0.4, 0.5) is 24.1 Å². The van der Waals surface area contributed by atoms with Gasteiger partial charge in [-0.3, -0.25) is 0 Å². The molecule has 0 saturated carbocycles. The van der Waals surface area contributed by atoms with E-state index in [4.69, 9.17) is 0 Å².